The second-order valence-electron chi connectivity index (χ2n) is 5.79. The number of rotatable bonds is 6. The first-order valence-electron chi connectivity index (χ1n) is 7.02. The molecule has 0 unspecified atom stereocenters. The molecule has 2 heterocycles. The highest BCUT2D eigenvalue weighted by Gasteiger charge is 2.40. The van der Waals surface area contributed by atoms with Gasteiger partial charge < -0.3 is 5.32 Å². The minimum Gasteiger partial charge on any atom is -0.311 e. The summed E-state index contributed by atoms with van der Waals surface area (Å²) < 4.78 is 2.11. The van der Waals surface area contributed by atoms with E-state index in [1.165, 1.54) is 37.9 Å². The lowest BCUT2D eigenvalue weighted by atomic mass is 9.98. The van der Waals surface area contributed by atoms with Crippen molar-refractivity contribution in [2.75, 3.05) is 6.54 Å². The molecule has 2 saturated carbocycles. The van der Waals surface area contributed by atoms with Crippen LogP contribution in [0, 0.1) is 17.8 Å². The maximum absolute atomic E-state index is 4.61. The number of fused-ring (bicyclic) bond motifs is 1. The molecule has 0 atom stereocenters. The van der Waals surface area contributed by atoms with Gasteiger partial charge in [-0.2, -0.15) is 0 Å². The largest absolute Gasteiger partial charge is 0.311 e. The van der Waals surface area contributed by atoms with Crippen LogP contribution >= 0.6 is 11.3 Å². The molecule has 2 aromatic rings. The van der Waals surface area contributed by atoms with Crippen LogP contribution in [-0.2, 0) is 6.54 Å². The lowest BCUT2D eigenvalue weighted by Crippen LogP contribution is -2.25. The molecule has 0 aromatic carbocycles. The molecule has 2 aliphatic rings. The fourth-order valence-electron chi connectivity index (χ4n) is 3.00. The second-order valence-corrected chi connectivity index (χ2v) is 6.67. The molecular formula is C14H19N3S. The van der Waals surface area contributed by atoms with Crippen LogP contribution in [0.3, 0.4) is 0 Å². The highest BCUT2D eigenvalue weighted by molar-refractivity contribution is 7.15. The number of aromatic nitrogens is 2. The van der Waals surface area contributed by atoms with Gasteiger partial charge in [0, 0.05) is 24.3 Å². The predicted octanol–water partition coefficient (Wildman–Crippen LogP) is 2.92. The Hall–Kier alpha value is -0.870. The molecule has 0 spiro atoms. The third kappa shape index (κ3) is 2.19. The monoisotopic (exact) mass is 261 g/mol. The molecule has 0 bridgehead atoms. The number of nitrogens with zero attached hydrogens (tertiary/aromatic N) is 2. The van der Waals surface area contributed by atoms with Crippen LogP contribution in [0.2, 0.25) is 0 Å². The van der Waals surface area contributed by atoms with Gasteiger partial charge in [-0.3, -0.25) is 4.40 Å². The Labute approximate surface area is 111 Å². The summed E-state index contributed by atoms with van der Waals surface area (Å²) in [6, 6.07) is 0. The van der Waals surface area contributed by atoms with Crippen molar-refractivity contribution >= 4 is 16.3 Å². The molecule has 3 nitrogen and oxygen atoms in total. The van der Waals surface area contributed by atoms with Gasteiger partial charge in [0.25, 0.3) is 0 Å². The van der Waals surface area contributed by atoms with Crippen LogP contribution in [0.25, 0.3) is 4.96 Å². The van der Waals surface area contributed by atoms with Gasteiger partial charge in [0.1, 0.15) is 0 Å². The SMILES string of the molecule is c1cn2cc(CNCC(C3CC3)C3CC3)nc2s1. The van der Waals surface area contributed by atoms with Crippen LogP contribution in [-0.4, -0.2) is 15.9 Å². The first kappa shape index (κ1) is 11.0. The van der Waals surface area contributed by atoms with Crippen LogP contribution < -0.4 is 5.32 Å². The third-order valence-corrected chi connectivity index (χ3v) is 5.06. The molecule has 4 heteroatoms. The summed E-state index contributed by atoms with van der Waals surface area (Å²) in [6.07, 6.45) is 10.1. The first-order chi connectivity index (χ1) is 8.90. The van der Waals surface area contributed by atoms with Gasteiger partial charge in [0.05, 0.1) is 5.69 Å². The standard InChI is InChI=1S/C14H19N3S/c1-2-10(1)13(11-3-4-11)8-15-7-12-9-17-5-6-18-14(17)16-12/h5-6,9-11,13,15H,1-4,7-8H2. The highest BCUT2D eigenvalue weighted by atomic mass is 32.1. The number of hydrogen-bond donors (Lipinski definition) is 1. The highest BCUT2D eigenvalue weighted by Crippen LogP contribution is 2.48. The normalized spacial score (nSPS) is 20.1. The average Bonchev–Trinajstić information content (AvgIpc) is 3.25. The summed E-state index contributed by atoms with van der Waals surface area (Å²) in [6.45, 7) is 2.12. The molecule has 0 saturated heterocycles. The maximum atomic E-state index is 4.61. The smallest absolute Gasteiger partial charge is 0.193 e. The zero-order valence-electron chi connectivity index (χ0n) is 10.5. The molecule has 2 fully saturated rings. The van der Waals surface area contributed by atoms with Gasteiger partial charge in [-0.15, -0.1) is 11.3 Å². The summed E-state index contributed by atoms with van der Waals surface area (Å²) >= 11 is 1.70. The summed E-state index contributed by atoms with van der Waals surface area (Å²) in [5.74, 6) is 3.03. The zero-order chi connectivity index (χ0) is 11.9. The van der Waals surface area contributed by atoms with Crippen molar-refractivity contribution in [3.8, 4) is 0 Å². The van der Waals surface area contributed by atoms with E-state index in [0.29, 0.717) is 0 Å². The molecule has 2 aromatic heterocycles. The van der Waals surface area contributed by atoms with E-state index in [2.05, 4.69) is 32.5 Å². The Balaban J connectivity index is 1.33. The molecular weight excluding hydrogens is 242 g/mol. The Kier molecular flexibility index (Phi) is 2.66. The Morgan fingerprint density at radius 3 is 2.78 bits per heavy atom. The van der Waals surface area contributed by atoms with Gasteiger partial charge in [-0.1, -0.05) is 0 Å². The Bertz CT molecular complexity index is 495. The van der Waals surface area contributed by atoms with Gasteiger partial charge in [-0.25, -0.2) is 4.98 Å². The first-order valence-corrected chi connectivity index (χ1v) is 7.90. The van der Waals surface area contributed by atoms with Crippen LogP contribution in [0.1, 0.15) is 31.4 Å². The van der Waals surface area contributed by atoms with Crippen LogP contribution in [0.4, 0.5) is 0 Å². The van der Waals surface area contributed by atoms with E-state index in [0.717, 1.165) is 29.3 Å². The van der Waals surface area contributed by atoms with Crippen molar-refractivity contribution in [3.63, 3.8) is 0 Å². The minimum atomic E-state index is 0.921. The number of imidazole rings is 1. The van der Waals surface area contributed by atoms with E-state index >= 15 is 0 Å². The number of hydrogen-bond acceptors (Lipinski definition) is 3. The number of nitrogens with one attached hydrogen (secondary N) is 1. The van der Waals surface area contributed by atoms with Crippen molar-refractivity contribution in [2.45, 2.75) is 32.2 Å². The van der Waals surface area contributed by atoms with E-state index in [1.54, 1.807) is 11.3 Å². The lowest BCUT2D eigenvalue weighted by Gasteiger charge is -2.15. The molecule has 0 aliphatic heterocycles. The molecule has 0 radical (unpaired) electrons. The predicted molar refractivity (Wildman–Crippen MR) is 73.7 cm³/mol. The fourth-order valence-corrected chi connectivity index (χ4v) is 3.71. The van der Waals surface area contributed by atoms with Gasteiger partial charge in [-0.05, 0) is 50.0 Å². The summed E-state index contributed by atoms with van der Waals surface area (Å²) in [5.41, 5.74) is 1.17. The fraction of sp³-hybridized carbons (Fsp3) is 0.643. The third-order valence-electron chi connectivity index (χ3n) is 4.28. The number of thiazole rings is 1. The quantitative estimate of drug-likeness (QED) is 0.866. The Morgan fingerprint density at radius 2 is 2.11 bits per heavy atom. The summed E-state index contributed by atoms with van der Waals surface area (Å²) in [4.78, 5) is 5.71. The van der Waals surface area contributed by atoms with Crippen molar-refractivity contribution in [2.24, 2.45) is 17.8 Å². The van der Waals surface area contributed by atoms with Crippen molar-refractivity contribution in [1.29, 1.82) is 0 Å². The summed E-state index contributed by atoms with van der Waals surface area (Å²) in [7, 11) is 0. The van der Waals surface area contributed by atoms with Crippen LogP contribution in [0.5, 0.6) is 0 Å². The van der Waals surface area contributed by atoms with Crippen molar-refractivity contribution in [1.82, 2.24) is 14.7 Å². The van der Waals surface area contributed by atoms with Crippen molar-refractivity contribution < 1.29 is 0 Å². The van der Waals surface area contributed by atoms with E-state index in [1.807, 2.05) is 0 Å². The average molecular weight is 261 g/mol. The molecule has 0 amide bonds. The van der Waals surface area contributed by atoms with E-state index < -0.39 is 0 Å². The van der Waals surface area contributed by atoms with Gasteiger partial charge >= 0.3 is 0 Å². The molecule has 96 valence electrons. The molecule has 18 heavy (non-hydrogen) atoms. The lowest BCUT2D eigenvalue weighted by molar-refractivity contribution is 0.378. The van der Waals surface area contributed by atoms with E-state index in [-0.39, 0.29) is 0 Å². The van der Waals surface area contributed by atoms with Crippen LogP contribution in [0.15, 0.2) is 17.8 Å². The van der Waals surface area contributed by atoms with Gasteiger partial charge in [0.15, 0.2) is 4.96 Å². The van der Waals surface area contributed by atoms with Crippen molar-refractivity contribution in [3.05, 3.63) is 23.5 Å². The second kappa shape index (κ2) is 4.35. The molecule has 4 rings (SSSR count). The van der Waals surface area contributed by atoms with Gasteiger partial charge in [0.2, 0.25) is 0 Å². The summed E-state index contributed by atoms with van der Waals surface area (Å²) in [5, 5.41) is 5.70. The molecule has 2 aliphatic carbocycles. The minimum absolute atomic E-state index is 0.921. The molecule has 1 N–H and O–H groups in total. The van der Waals surface area contributed by atoms with E-state index in [9.17, 15) is 0 Å². The Morgan fingerprint density at radius 1 is 1.33 bits per heavy atom. The topological polar surface area (TPSA) is 29.3 Å². The van der Waals surface area contributed by atoms with E-state index in [4.69, 9.17) is 0 Å². The zero-order valence-corrected chi connectivity index (χ0v) is 11.3. The maximum Gasteiger partial charge on any atom is 0.193 e.